The van der Waals surface area contributed by atoms with Crippen molar-refractivity contribution in [1.29, 1.82) is 0 Å². The average Bonchev–Trinajstić information content (AvgIpc) is 3.03. The summed E-state index contributed by atoms with van der Waals surface area (Å²) < 4.78 is 29.0. The molecule has 0 spiro atoms. The number of carbonyl (C=O) groups is 1. The molecular formula is C18H24N4O3S. The van der Waals surface area contributed by atoms with E-state index in [2.05, 4.69) is 10.3 Å². The van der Waals surface area contributed by atoms with Crippen LogP contribution >= 0.6 is 0 Å². The zero-order chi connectivity index (χ0) is 18.9. The lowest BCUT2D eigenvalue weighted by Gasteiger charge is -2.18. The van der Waals surface area contributed by atoms with E-state index in [0.29, 0.717) is 17.9 Å². The average molecular weight is 376 g/mol. The zero-order valence-corrected chi connectivity index (χ0v) is 16.1. The van der Waals surface area contributed by atoms with Gasteiger partial charge in [-0.15, -0.1) is 0 Å². The van der Waals surface area contributed by atoms with E-state index >= 15 is 0 Å². The van der Waals surface area contributed by atoms with Crippen LogP contribution in [-0.4, -0.2) is 40.8 Å². The number of nitrogens with zero attached hydrogens (tertiary/aromatic N) is 3. The highest BCUT2D eigenvalue weighted by Gasteiger charge is 2.34. The Morgan fingerprint density at radius 1 is 1.23 bits per heavy atom. The summed E-state index contributed by atoms with van der Waals surface area (Å²) in [6.07, 6.45) is 3.19. The van der Waals surface area contributed by atoms with Crippen LogP contribution in [0.5, 0.6) is 0 Å². The van der Waals surface area contributed by atoms with Crippen LogP contribution in [-0.2, 0) is 16.6 Å². The predicted molar refractivity (Wildman–Crippen MR) is 98.7 cm³/mol. The summed E-state index contributed by atoms with van der Waals surface area (Å²) in [5.74, 6) is -0.264. The van der Waals surface area contributed by atoms with Crippen LogP contribution in [0.25, 0.3) is 5.69 Å². The van der Waals surface area contributed by atoms with Crippen molar-refractivity contribution in [1.82, 2.24) is 19.2 Å². The SMILES string of the molecule is CCC(CC)NC(=O)c1ncn2c1CN(CC)S(=O)(=O)c1ccccc1-2. The van der Waals surface area contributed by atoms with E-state index in [0.717, 1.165) is 12.8 Å². The molecule has 1 aromatic carbocycles. The van der Waals surface area contributed by atoms with E-state index in [-0.39, 0.29) is 29.1 Å². The number of imidazole rings is 1. The molecule has 2 aromatic rings. The summed E-state index contributed by atoms with van der Waals surface area (Å²) in [6, 6.07) is 6.88. The van der Waals surface area contributed by atoms with Gasteiger partial charge in [0.1, 0.15) is 11.2 Å². The van der Waals surface area contributed by atoms with Gasteiger partial charge in [0.15, 0.2) is 5.69 Å². The number of benzene rings is 1. The fraction of sp³-hybridized carbons (Fsp3) is 0.444. The molecule has 1 aliphatic rings. The number of rotatable bonds is 5. The third-order valence-corrected chi connectivity index (χ3v) is 6.79. The molecule has 1 amide bonds. The predicted octanol–water partition coefficient (Wildman–Crippen LogP) is 2.31. The van der Waals surface area contributed by atoms with E-state index in [1.807, 2.05) is 13.8 Å². The van der Waals surface area contributed by atoms with Crippen molar-refractivity contribution in [3.63, 3.8) is 0 Å². The van der Waals surface area contributed by atoms with Crippen LogP contribution < -0.4 is 5.32 Å². The normalized spacial score (nSPS) is 16.0. The largest absolute Gasteiger partial charge is 0.348 e. The molecule has 7 nitrogen and oxygen atoms in total. The van der Waals surface area contributed by atoms with Gasteiger partial charge in [0.2, 0.25) is 10.0 Å². The molecule has 1 aromatic heterocycles. The second-order valence-electron chi connectivity index (χ2n) is 6.30. The Labute approximate surface area is 154 Å². The van der Waals surface area contributed by atoms with Crippen molar-refractivity contribution in [2.24, 2.45) is 0 Å². The van der Waals surface area contributed by atoms with Crippen molar-refractivity contribution in [3.05, 3.63) is 42.0 Å². The van der Waals surface area contributed by atoms with Gasteiger partial charge in [0.25, 0.3) is 5.91 Å². The Kier molecular flexibility index (Phi) is 5.15. The number of carbonyl (C=O) groups excluding carboxylic acids is 1. The number of nitrogens with one attached hydrogen (secondary N) is 1. The molecule has 0 radical (unpaired) electrons. The first-order valence-corrected chi connectivity index (χ1v) is 10.3. The van der Waals surface area contributed by atoms with Crippen molar-refractivity contribution in [2.45, 2.75) is 51.1 Å². The van der Waals surface area contributed by atoms with Gasteiger partial charge in [0.05, 0.1) is 17.9 Å². The monoisotopic (exact) mass is 376 g/mol. The molecule has 0 saturated heterocycles. The molecular weight excluding hydrogens is 352 g/mol. The first-order valence-electron chi connectivity index (χ1n) is 8.90. The number of aromatic nitrogens is 2. The van der Waals surface area contributed by atoms with Gasteiger partial charge in [-0.05, 0) is 25.0 Å². The summed E-state index contributed by atoms with van der Waals surface area (Å²) in [5.41, 5.74) is 1.39. The molecule has 1 N–H and O–H groups in total. The Morgan fingerprint density at radius 2 is 1.92 bits per heavy atom. The van der Waals surface area contributed by atoms with Gasteiger partial charge in [-0.3, -0.25) is 9.36 Å². The number of hydrogen-bond donors (Lipinski definition) is 1. The van der Waals surface area contributed by atoms with Gasteiger partial charge in [-0.25, -0.2) is 13.4 Å². The molecule has 8 heteroatoms. The number of fused-ring (bicyclic) bond motifs is 3. The molecule has 26 heavy (non-hydrogen) atoms. The minimum absolute atomic E-state index is 0.0731. The highest BCUT2D eigenvalue weighted by atomic mass is 32.2. The van der Waals surface area contributed by atoms with E-state index in [9.17, 15) is 13.2 Å². The van der Waals surface area contributed by atoms with Crippen molar-refractivity contribution >= 4 is 15.9 Å². The second kappa shape index (κ2) is 7.20. The molecule has 3 rings (SSSR count). The zero-order valence-electron chi connectivity index (χ0n) is 15.3. The van der Waals surface area contributed by atoms with Crippen molar-refractivity contribution in [2.75, 3.05) is 6.54 Å². The summed E-state index contributed by atoms with van der Waals surface area (Å²) in [4.78, 5) is 17.3. The molecule has 0 aliphatic carbocycles. The van der Waals surface area contributed by atoms with Crippen molar-refractivity contribution < 1.29 is 13.2 Å². The molecule has 0 saturated carbocycles. The molecule has 0 bridgehead atoms. The molecule has 140 valence electrons. The maximum Gasteiger partial charge on any atom is 0.272 e. The standard InChI is InChI=1S/C18H24N4O3S/c1-4-13(5-2)20-18(23)17-15-11-21(6-3)26(24,25)16-10-8-7-9-14(16)22(15)12-19-17/h7-10,12-13H,4-6,11H2,1-3H3,(H,20,23). The third-order valence-electron chi connectivity index (χ3n) is 4.82. The maximum atomic E-state index is 13.0. The lowest BCUT2D eigenvalue weighted by molar-refractivity contribution is 0.0928. The highest BCUT2D eigenvalue weighted by Crippen LogP contribution is 2.31. The molecule has 0 unspecified atom stereocenters. The van der Waals surface area contributed by atoms with Gasteiger partial charge >= 0.3 is 0 Å². The van der Waals surface area contributed by atoms with E-state index in [1.165, 1.54) is 10.6 Å². The molecule has 1 aliphatic heterocycles. The van der Waals surface area contributed by atoms with Crippen LogP contribution in [0.3, 0.4) is 0 Å². The summed E-state index contributed by atoms with van der Waals surface area (Å²) in [7, 11) is -3.63. The van der Waals surface area contributed by atoms with E-state index in [4.69, 9.17) is 0 Å². The van der Waals surface area contributed by atoms with Gasteiger partial charge in [0, 0.05) is 12.6 Å². The summed E-state index contributed by atoms with van der Waals surface area (Å²) >= 11 is 0. The second-order valence-corrected chi connectivity index (χ2v) is 8.20. The Balaban J connectivity index is 2.12. The molecule has 0 fully saturated rings. The topological polar surface area (TPSA) is 84.3 Å². The highest BCUT2D eigenvalue weighted by molar-refractivity contribution is 7.89. The van der Waals surface area contributed by atoms with Gasteiger partial charge < -0.3 is 5.32 Å². The van der Waals surface area contributed by atoms with Crippen molar-refractivity contribution in [3.8, 4) is 5.69 Å². The number of hydrogen-bond acceptors (Lipinski definition) is 4. The van der Waals surface area contributed by atoms with Gasteiger partial charge in [-0.1, -0.05) is 32.9 Å². The minimum atomic E-state index is -3.63. The lowest BCUT2D eigenvalue weighted by atomic mass is 10.1. The van der Waals surface area contributed by atoms with Crippen LogP contribution in [0.4, 0.5) is 0 Å². The number of sulfonamides is 1. The lowest BCUT2D eigenvalue weighted by Crippen LogP contribution is -2.35. The summed E-state index contributed by atoms with van der Waals surface area (Å²) in [5, 5.41) is 2.98. The Hall–Kier alpha value is -2.19. The molecule has 2 heterocycles. The Bertz CT molecular complexity index is 916. The summed E-state index contributed by atoms with van der Waals surface area (Å²) in [6.45, 7) is 6.25. The smallest absolute Gasteiger partial charge is 0.272 e. The first kappa shape index (κ1) is 18.6. The minimum Gasteiger partial charge on any atom is -0.348 e. The Morgan fingerprint density at radius 3 is 2.58 bits per heavy atom. The third kappa shape index (κ3) is 3.03. The van der Waals surface area contributed by atoms with Crippen LogP contribution in [0, 0.1) is 0 Å². The fourth-order valence-electron chi connectivity index (χ4n) is 3.22. The van der Waals surface area contributed by atoms with Crippen LogP contribution in [0.2, 0.25) is 0 Å². The van der Waals surface area contributed by atoms with Crippen LogP contribution in [0.15, 0.2) is 35.5 Å². The number of amides is 1. The van der Waals surface area contributed by atoms with E-state index < -0.39 is 10.0 Å². The van der Waals surface area contributed by atoms with Crippen LogP contribution in [0.1, 0.15) is 49.8 Å². The quantitative estimate of drug-likeness (QED) is 0.868. The maximum absolute atomic E-state index is 13.0. The molecule has 0 atom stereocenters. The number of para-hydroxylation sites is 1. The van der Waals surface area contributed by atoms with E-state index in [1.54, 1.807) is 35.8 Å². The van der Waals surface area contributed by atoms with Gasteiger partial charge in [-0.2, -0.15) is 4.31 Å². The fourth-order valence-corrected chi connectivity index (χ4v) is 4.81. The first-order chi connectivity index (χ1) is 12.4.